The molecule has 3 heteroatoms. The molecule has 1 aromatic heterocycles. The average Bonchev–Trinajstić information content (AvgIpc) is 2.45. The molecule has 2 rings (SSSR count). The van der Waals surface area contributed by atoms with Crippen molar-refractivity contribution in [2.24, 2.45) is 0 Å². The molecule has 0 saturated carbocycles. The Kier molecular flexibility index (Phi) is 1.31. The summed E-state index contributed by atoms with van der Waals surface area (Å²) in [6.07, 6.45) is 0. The Morgan fingerprint density at radius 1 is 1.70 bits per heavy atom. The van der Waals surface area contributed by atoms with E-state index in [1.54, 1.807) is 11.3 Å². The van der Waals surface area contributed by atoms with Crippen LogP contribution < -0.4 is 5.32 Å². The molecule has 0 bridgehead atoms. The van der Waals surface area contributed by atoms with Gasteiger partial charge < -0.3 is 5.32 Å². The Hall–Kier alpha value is -0.0500. The second-order valence-corrected chi connectivity index (χ2v) is 4.50. The molecule has 10 heavy (non-hydrogen) atoms. The maximum absolute atomic E-state index is 5.78. The highest BCUT2D eigenvalue weighted by molar-refractivity contribution is 7.16. The quantitative estimate of drug-likeness (QED) is 0.647. The SMILES string of the molecule is CC1(c2ccc(Cl)s2)CN1. The first-order valence-corrected chi connectivity index (χ1v) is 4.41. The lowest BCUT2D eigenvalue weighted by molar-refractivity contribution is 0.784. The molecule has 1 unspecified atom stereocenters. The van der Waals surface area contributed by atoms with Crippen LogP contribution in [0.1, 0.15) is 11.8 Å². The van der Waals surface area contributed by atoms with Gasteiger partial charge in [-0.05, 0) is 19.1 Å². The first-order chi connectivity index (χ1) is 4.71. The lowest BCUT2D eigenvalue weighted by atomic mass is 10.1. The van der Waals surface area contributed by atoms with Crippen molar-refractivity contribution in [1.82, 2.24) is 5.32 Å². The molecule has 1 saturated heterocycles. The normalized spacial score (nSPS) is 30.6. The summed E-state index contributed by atoms with van der Waals surface area (Å²) in [5.74, 6) is 0. The van der Waals surface area contributed by atoms with Gasteiger partial charge in [0.25, 0.3) is 0 Å². The number of hydrogen-bond acceptors (Lipinski definition) is 2. The van der Waals surface area contributed by atoms with E-state index in [1.807, 2.05) is 6.07 Å². The fourth-order valence-electron chi connectivity index (χ4n) is 0.918. The number of rotatable bonds is 1. The van der Waals surface area contributed by atoms with Gasteiger partial charge in [0, 0.05) is 11.4 Å². The summed E-state index contributed by atoms with van der Waals surface area (Å²) in [6.45, 7) is 3.28. The van der Waals surface area contributed by atoms with Crippen molar-refractivity contribution in [3.05, 3.63) is 21.3 Å². The summed E-state index contributed by atoms with van der Waals surface area (Å²) < 4.78 is 0.880. The zero-order valence-corrected chi connectivity index (χ0v) is 7.22. The van der Waals surface area contributed by atoms with E-state index in [2.05, 4.69) is 18.3 Å². The van der Waals surface area contributed by atoms with E-state index in [9.17, 15) is 0 Å². The second-order valence-electron chi connectivity index (χ2n) is 2.79. The van der Waals surface area contributed by atoms with Crippen molar-refractivity contribution in [3.63, 3.8) is 0 Å². The maximum atomic E-state index is 5.78. The number of thiophene rings is 1. The third kappa shape index (κ3) is 0.965. The average molecular weight is 174 g/mol. The molecule has 0 aliphatic carbocycles. The standard InChI is InChI=1S/C7H8ClNS/c1-7(4-9-7)5-2-3-6(8)10-5/h2-3,9H,4H2,1H3. The van der Waals surface area contributed by atoms with E-state index in [0.29, 0.717) is 0 Å². The number of nitrogens with one attached hydrogen (secondary N) is 1. The van der Waals surface area contributed by atoms with Gasteiger partial charge in [-0.15, -0.1) is 11.3 Å². The molecule has 0 aromatic carbocycles. The van der Waals surface area contributed by atoms with Gasteiger partial charge in [0.2, 0.25) is 0 Å². The summed E-state index contributed by atoms with van der Waals surface area (Å²) in [7, 11) is 0. The van der Waals surface area contributed by atoms with E-state index in [0.717, 1.165) is 10.9 Å². The Morgan fingerprint density at radius 2 is 2.40 bits per heavy atom. The summed E-state index contributed by atoms with van der Waals surface area (Å²) in [5, 5.41) is 3.29. The van der Waals surface area contributed by atoms with Gasteiger partial charge in [0.1, 0.15) is 0 Å². The molecule has 1 N–H and O–H groups in total. The summed E-state index contributed by atoms with van der Waals surface area (Å²) in [6, 6.07) is 4.04. The van der Waals surface area contributed by atoms with Crippen LogP contribution in [0.15, 0.2) is 12.1 Å². The van der Waals surface area contributed by atoms with Gasteiger partial charge in [0.15, 0.2) is 0 Å². The van der Waals surface area contributed by atoms with Crippen molar-refractivity contribution < 1.29 is 0 Å². The largest absolute Gasteiger partial charge is 0.304 e. The molecule has 0 radical (unpaired) electrons. The third-order valence-electron chi connectivity index (χ3n) is 1.82. The van der Waals surface area contributed by atoms with Gasteiger partial charge in [0.05, 0.1) is 9.88 Å². The molecule has 1 aliphatic heterocycles. The summed E-state index contributed by atoms with van der Waals surface area (Å²) >= 11 is 7.45. The molecular formula is C7H8ClNS. The van der Waals surface area contributed by atoms with E-state index in [-0.39, 0.29) is 5.54 Å². The van der Waals surface area contributed by atoms with E-state index >= 15 is 0 Å². The van der Waals surface area contributed by atoms with Gasteiger partial charge >= 0.3 is 0 Å². The fourth-order valence-corrected chi connectivity index (χ4v) is 2.08. The summed E-state index contributed by atoms with van der Waals surface area (Å²) in [5.41, 5.74) is 0.248. The van der Waals surface area contributed by atoms with Crippen molar-refractivity contribution in [1.29, 1.82) is 0 Å². The molecule has 1 atom stereocenters. The van der Waals surface area contributed by atoms with Crippen LogP contribution in [0.4, 0.5) is 0 Å². The first kappa shape index (κ1) is 6.65. The smallest absolute Gasteiger partial charge is 0.0931 e. The Balaban J connectivity index is 2.34. The predicted molar refractivity (Wildman–Crippen MR) is 44.7 cm³/mol. The minimum Gasteiger partial charge on any atom is -0.304 e. The monoisotopic (exact) mass is 173 g/mol. The van der Waals surface area contributed by atoms with E-state index in [4.69, 9.17) is 11.6 Å². The fraction of sp³-hybridized carbons (Fsp3) is 0.429. The summed E-state index contributed by atoms with van der Waals surface area (Å²) in [4.78, 5) is 1.34. The zero-order valence-electron chi connectivity index (χ0n) is 5.65. The Morgan fingerprint density at radius 3 is 2.80 bits per heavy atom. The molecule has 1 aliphatic rings. The number of halogens is 1. The predicted octanol–water partition coefficient (Wildman–Crippen LogP) is 2.22. The van der Waals surface area contributed by atoms with Crippen LogP contribution >= 0.6 is 22.9 Å². The molecule has 0 spiro atoms. The van der Waals surface area contributed by atoms with Crippen molar-refractivity contribution in [3.8, 4) is 0 Å². The topological polar surface area (TPSA) is 21.9 Å². The first-order valence-electron chi connectivity index (χ1n) is 3.22. The van der Waals surface area contributed by atoms with Gasteiger partial charge in [-0.1, -0.05) is 11.6 Å². The minimum atomic E-state index is 0.248. The van der Waals surface area contributed by atoms with Crippen LogP contribution in [0.5, 0.6) is 0 Å². The third-order valence-corrected chi connectivity index (χ3v) is 3.32. The lowest BCUT2D eigenvalue weighted by Crippen LogP contribution is -2.02. The Bertz CT molecular complexity index is 252. The van der Waals surface area contributed by atoms with Crippen LogP contribution in [0.3, 0.4) is 0 Å². The van der Waals surface area contributed by atoms with Gasteiger partial charge in [-0.2, -0.15) is 0 Å². The molecule has 54 valence electrons. The van der Waals surface area contributed by atoms with Crippen LogP contribution in [-0.4, -0.2) is 6.54 Å². The molecule has 1 aromatic rings. The van der Waals surface area contributed by atoms with Crippen molar-refractivity contribution >= 4 is 22.9 Å². The molecule has 1 fully saturated rings. The van der Waals surface area contributed by atoms with Crippen LogP contribution in [-0.2, 0) is 5.54 Å². The van der Waals surface area contributed by atoms with Crippen LogP contribution in [0.25, 0.3) is 0 Å². The molecule has 2 heterocycles. The lowest BCUT2D eigenvalue weighted by Gasteiger charge is -1.99. The van der Waals surface area contributed by atoms with E-state index < -0.39 is 0 Å². The highest BCUT2D eigenvalue weighted by Gasteiger charge is 2.39. The van der Waals surface area contributed by atoms with Crippen molar-refractivity contribution in [2.75, 3.05) is 6.54 Å². The van der Waals surface area contributed by atoms with Gasteiger partial charge in [-0.25, -0.2) is 0 Å². The Labute approximate surface area is 69.0 Å². The van der Waals surface area contributed by atoms with Crippen molar-refractivity contribution in [2.45, 2.75) is 12.5 Å². The highest BCUT2D eigenvalue weighted by atomic mass is 35.5. The number of hydrogen-bond donors (Lipinski definition) is 1. The molecule has 0 amide bonds. The maximum Gasteiger partial charge on any atom is 0.0931 e. The van der Waals surface area contributed by atoms with Crippen LogP contribution in [0.2, 0.25) is 4.34 Å². The highest BCUT2D eigenvalue weighted by Crippen LogP contribution is 2.36. The minimum absolute atomic E-state index is 0.248. The van der Waals surface area contributed by atoms with E-state index in [1.165, 1.54) is 4.88 Å². The molecular weight excluding hydrogens is 166 g/mol. The molecule has 1 nitrogen and oxygen atoms in total. The zero-order chi connectivity index (χ0) is 7.19. The van der Waals surface area contributed by atoms with Crippen LogP contribution in [0, 0.1) is 0 Å². The van der Waals surface area contributed by atoms with Gasteiger partial charge in [-0.3, -0.25) is 0 Å². The second kappa shape index (κ2) is 1.97.